The summed E-state index contributed by atoms with van der Waals surface area (Å²) in [7, 11) is 3.36. The van der Waals surface area contributed by atoms with E-state index < -0.39 is 5.41 Å². The Bertz CT molecular complexity index is 1540. The van der Waals surface area contributed by atoms with Crippen LogP contribution in [0, 0.1) is 19.3 Å². The van der Waals surface area contributed by atoms with Crippen LogP contribution < -0.4 is 4.74 Å². The molecule has 1 aliphatic heterocycles. The van der Waals surface area contributed by atoms with Crippen LogP contribution in [0.1, 0.15) is 66.5 Å². The number of rotatable bonds is 7. The lowest BCUT2D eigenvalue weighted by Crippen LogP contribution is -2.34. The minimum Gasteiger partial charge on any atom is -0.489 e. The Labute approximate surface area is 237 Å². The molecule has 0 bridgehead atoms. The van der Waals surface area contributed by atoms with Crippen LogP contribution >= 0.6 is 0 Å². The van der Waals surface area contributed by atoms with Crippen molar-refractivity contribution in [1.29, 1.82) is 0 Å². The van der Waals surface area contributed by atoms with Gasteiger partial charge in [-0.15, -0.1) is 5.10 Å². The fourth-order valence-corrected chi connectivity index (χ4v) is 6.10. The van der Waals surface area contributed by atoms with Gasteiger partial charge >= 0.3 is 5.97 Å². The van der Waals surface area contributed by atoms with Crippen molar-refractivity contribution < 1.29 is 14.3 Å². The van der Waals surface area contributed by atoms with Crippen LogP contribution in [0.15, 0.2) is 54.6 Å². The monoisotopic (exact) mass is 540 g/mol. The van der Waals surface area contributed by atoms with Crippen molar-refractivity contribution in [1.82, 2.24) is 19.9 Å². The van der Waals surface area contributed by atoms with E-state index in [1.54, 1.807) is 4.68 Å². The molecule has 210 valence electrons. The molecule has 40 heavy (non-hydrogen) atoms. The molecular formula is C33H40N4O3. The van der Waals surface area contributed by atoms with Gasteiger partial charge in [-0.2, -0.15) is 0 Å². The SMILES string of the molecule is CC[C@@H]1CN(Cc2cc(C(c3ccc4c(nnn4C)c3C)C(C)(C)C(=O)OC)ccc2C)Cc2ccccc2O1. The lowest BCUT2D eigenvalue weighted by atomic mass is 9.69. The van der Waals surface area contributed by atoms with Gasteiger partial charge in [-0.25, -0.2) is 4.68 Å². The van der Waals surface area contributed by atoms with Gasteiger partial charge in [0.15, 0.2) is 0 Å². The fourth-order valence-electron chi connectivity index (χ4n) is 6.10. The maximum absolute atomic E-state index is 13.2. The summed E-state index contributed by atoms with van der Waals surface area (Å²) in [6.45, 7) is 12.8. The molecule has 0 saturated carbocycles. The topological polar surface area (TPSA) is 69.5 Å². The van der Waals surface area contributed by atoms with E-state index >= 15 is 0 Å². The molecule has 7 nitrogen and oxygen atoms in total. The predicted molar refractivity (Wildman–Crippen MR) is 157 cm³/mol. The van der Waals surface area contributed by atoms with Crippen LogP contribution in [0.25, 0.3) is 11.0 Å². The first kappa shape index (κ1) is 27.8. The molecule has 1 aromatic heterocycles. The number of aromatic nitrogens is 3. The first-order chi connectivity index (χ1) is 19.1. The number of hydrogen-bond acceptors (Lipinski definition) is 6. The zero-order chi connectivity index (χ0) is 28.6. The summed E-state index contributed by atoms with van der Waals surface area (Å²) in [5, 5.41) is 8.66. The summed E-state index contributed by atoms with van der Waals surface area (Å²) < 4.78 is 13.5. The molecule has 0 radical (unpaired) electrons. The molecule has 0 N–H and O–H groups in total. The van der Waals surface area contributed by atoms with Crippen molar-refractivity contribution in [2.45, 2.75) is 66.2 Å². The third-order valence-corrected chi connectivity index (χ3v) is 8.50. The summed E-state index contributed by atoms with van der Waals surface area (Å²) in [6, 6.07) is 19.1. The average Bonchev–Trinajstić information content (AvgIpc) is 3.22. The maximum atomic E-state index is 13.2. The number of methoxy groups -OCH3 is 1. The number of nitrogens with zero attached hydrogens (tertiary/aromatic N) is 4. The van der Waals surface area contributed by atoms with E-state index in [2.05, 4.69) is 78.4 Å². The molecule has 5 rings (SSSR count). The summed E-state index contributed by atoms with van der Waals surface area (Å²) in [5.74, 6) is 0.504. The number of ether oxygens (including phenoxy) is 2. The highest BCUT2D eigenvalue weighted by molar-refractivity contribution is 5.82. The number of carbonyl (C=O) groups excluding carboxylic acids is 1. The molecular weight excluding hydrogens is 500 g/mol. The quantitative estimate of drug-likeness (QED) is 0.264. The predicted octanol–water partition coefficient (Wildman–Crippen LogP) is 6.09. The second kappa shape index (κ2) is 11.0. The minimum atomic E-state index is -0.815. The van der Waals surface area contributed by atoms with Crippen molar-refractivity contribution in [2.24, 2.45) is 12.5 Å². The van der Waals surface area contributed by atoms with Crippen LogP contribution in [-0.4, -0.2) is 45.6 Å². The number of carbonyl (C=O) groups is 1. The Morgan fingerprint density at radius 3 is 2.67 bits per heavy atom. The second-order valence-electron chi connectivity index (χ2n) is 11.6. The van der Waals surface area contributed by atoms with E-state index in [1.807, 2.05) is 33.0 Å². The van der Waals surface area contributed by atoms with Gasteiger partial charge in [0.25, 0.3) is 0 Å². The summed E-state index contributed by atoms with van der Waals surface area (Å²) in [6.07, 6.45) is 1.09. The van der Waals surface area contributed by atoms with Gasteiger partial charge in [-0.1, -0.05) is 54.6 Å². The van der Waals surface area contributed by atoms with Gasteiger partial charge in [0, 0.05) is 38.2 Å². The van der Waals surface area contributed by atoms with Crippen molar-refractivity contribution in [3.05, 3.63) is 88.0 Å². The Balaban J connectivity index is 1.57. The maximum Gasteiger partial charge on any atom is 0.312 e. The lowest BCUT2D eigenvalue weighted by Gasteiger charge is -2.34. The number of para-hydroxylation sites is 1. The molecule has 7 heteroatoms. The number of aryl methyl sites for hydroxylation is 3. The largest absolute Gasteiger partial charge is 0.489 e. The number of benzene rings is 3. The molecule has 0 aliphatic carbocycles. The van der Waals surface area contributed by atoms with Crippen molar-refractivity contribution in [3.63, 3.8) is 0 Å². The molecule has 0 saturated heterocycles. The molecule has 0 amide bonds. The highest BCUT2D eigenvalue weighted by Crippen LogP contribution is 2.44. The molecule has 2 heterocycles. The van der Waals surface area contributed by atoms with E-state index in [9.17, 15) is 4.79 Å². The first-order valence-corrected chi connectivity index (χ1v) is 14.1. The summed E-state index contributed by atoms with van der Waals surface area (Å²) >= 11 is 0. The van der Waals surface area contributed by atoms with Gasteiger partial charge in [0.2, 0.25) is 0 Å². The Morgan fingerprint density at radius 1 is 1.15 bits per heavy atom. The van der Waals surface area contributed by atoms with Crippen LogP contribution in [0.4, 0.5) is 0 Å². The van der Waals surface area contributed by atoms with Crippen molar-refractivity contribution >= 4 is 17.0 Å². The van der Waals surface area contributed by atoms with Gasteiger partial charge in [0.1, 0.15) is 17.4 Å². The Morgan fingerprint density at radius 2 is 1.93 bits per heavy atom. The second-order valence-corrected chi connectivity index (χ2v) is 11.6. The highest BCUT2D eigenvalue weighted by Gasteiger charge is 2.41. The molecule has 2 atom stereocenters. The van der Waals surface area contributed by atoms with Crippen LogP contribution in [0.2, 0.25) is 0 Å². The van der Waals surface area contributed by atoms with E-state index in [1.165, 1.54) is 23.8 Å². The van der Waals surface area contributed by atoms with Crippen molar-refractivity contribution in [2.75, 3.05) is 13.7 Å². The first-order valence-electron chi connectivity index (χ1n) is 14.1. The molecule has 1 unspecified atom stereocenters. The van der Waals surface area contributed by atoms with Gasteiger partial charge in [-0.3, -0.25) is 9.69 Å². The highest BCUT2D eigenvalue weighted by atomic mass is 16.5. The van der Waals surface area contributed by atoms with E-state index in [0.29, 0.717) is 0 Å². The summed E-state index contributed by atoms with van der Waals surface area (Å²) in [4.78, 5) is 15.7. The zero-order valence-corrected chi connectivity index (χ0v) is 24.7. The van der Waals surface area contributed by atoms with E-state index in [-0.39, 0.29) is 18.0 Å². The van der Waals surface area contributed by atoms with Gasteiger partial charge in [0.05, 0.1) is 18.0 Å². The van der Waals surface area contributed by atoms with Crippen LogP contribution in [0.5, 0.6) is 5.75 Å². The molecule has 0 fully saturated rings. The van der Waals surface area contributed by atoms with E-state index in [0.717, 1.165) is 59.5 Å². The van der Waals surface area contributed by atoms with Crippen LogP contribution in [0.3, 0.4) is 0 Å². The molecule has 0 spiro atoms. The minimum absolute atomic E-state index is 0.138. The smallest absolute Gasteiger partial charge is 0.312 e. The fraction of sp³-hybridized carbons (Fsp3) is 0.424. The zero-order valence-electron chi connectivity index (χ0n) is 24.7. The molecule has 3 aromatic carbocycles. The Hall–Kier alpha value is -3.71. The molecule has 1 aliphatic rings. The number of fused-ring (bicyclic) bond motifs is 2. The van der Waals surface area contributed by atoms with Gasteiger partial charge < -0.3 is 9.47 Å². The van der Waals surface area contributed by atoms with E-state index in [4.69, 9.17) is 9.47 Å². The average molecular weight is 541 g/mol. The third kappa shape index (κ3) is 5.10. The van der Waals surface area contributed by atoms with Gasteiger partial charge in [-0.05, 0) is 74.1 Å². The third-order valence-electron chi connectivity index (χ3n) is 8.50. The number of esters is 1. The normalized spacial score (nSPS) is 16.7. The standard InChI is InChI=1S/C33H40N4O3/c1-8-26-20-37(18-24-11-9-10-12-29(24)40-26)19-25-17-23(14-13-21(25)2)30(33(4,5)32(38)39-7)27-15-16-28-31(22(27)3)34-35-36(28)6/h9-17,26,30H,8,18-20H2,1-7H3/t26-,30?/m1/s1. The number of hydrogen-bond donors (Lipinski definition) is 0. The summed E-state index contributed by atoms with van der Waals surface area (Å²) in [5.41, 5.74) is 7.86. The lowest BCUT2D eigenvalue weighted by molar-refractivity contribution is -0.151. The molecule has 4 aromatic rings. The van der Waals surface area contributed by atoms with Crippen molar-refractivity contribution in [3.8, 4) is 5.75 Å². The Kier molecular flexibility index (Phi) is 7.69. The van der Waals surface area contributed by atoms with Crippen LogP contribution in [-0.2, 0) is 29.7 Å².